The lowest BCUT2D eigenvalue weighted by atomic mass is 10.1. The Morgan fingerprint density at radius 2 is 1.58 bits per heavy atom. The lowest BCUT2D eigenvalue weighted by molar-refractivity contribution is -0.117. The summed E-state index contributed by atoms with van der Waals surface area (Å²) in [5, 5.41) is 0. The number of carbonyl (C=O) groups is 3. The van der Waals surface area contributed by atoms with E-state index in [1.807, 2.05) is 19.1 Å². The standard InChI is InChI=1S/C19H16N2O3/c1-12-8-9-13(20-10-4-7-17(20)22)11-16(12)21-18(23)14-5-2-3-6-15(14)19(21)24/h2-3,5-6,8-9,11H,4,7,10H2,1H3. The SMILES string of the molecule is Cc1ccc(N2CCCC2=O)cc1N1C(=O)c2ccccc2C1=O. The fourth-order valence-corrected chi connectivity index (χ4v) is 3.34. The van der Waals surface area contributed by atoms with Gasteiger partial charge in [0.15, 0.2) is 0 Å². The van der Waals surface area contributed by atoms with Crippen LogP contribution in [0.3, 0.4) is 0 Å². The number of nitrogens with zero attached hydrogens (tertiary/aromatic N) is 2. The summed E-state index contributed by atoms with van der Waals surface area (Å²) >= 11 is 0. The Balaban J connectivity index is 1.79. The predicted molar refractivity (Wildman–Crippen MR) is 90.3 cm³/mol. The van der Waals surface area contributed by atoms with E-state index in [2.05, 4.69) is 0 Å². The second-order valence-corrected chi connectivity index (χ2v) is 6.11. The topological polar surface area (TPSA) is 57.7 Å². The summed E-state index contributed by atoms with van der Waals surface area (Å²) in [7, 11) is 0. The average molecular weight is 320 g/mol. The van der Waals surface area contributed by atoms with Crippen molar-refractivity contribution in [3.63, 3.8) is 0 Å². The Hall–Kier alpha value is -2.95. The maximum atomic E-state index is 12.7. The van der Waals surface area contributed by atoms with E-state index in [1.165, 1.54) is 4.90 Å². The summed E-state index contributed by atoms with van der Waals surface area (Å²) in [6, 6.07) is 12.3. The molecular weight excluding hydrogens is 304 g/mol. The van der Waals surface area contributed by atoms with Gasteiger partial charge in [-0.15, -0.1) is 0 Å². The molecule has 0 bridgehead atoms. The maximum Gasteiger partial charge on any atom is 0.266 e. The van der Waals surface area contributed by atoms with Crippen LogP contribution in [0.25, 0.3) is 0 Å². The number of fused-ring (bicyclic) bond motifs is 1. The van der Waals surface area contributed by atoms with E-state index < -0.39 is 0 Å². The molecule has 0 atom stereocenters. The summed E-state index contributed by atoms with van der Waals surface area (Å²) in [4.78, 5) is 40.3. The van der Waals surface area contributed by atoms with Gasteiger partial charge in [0.1, 0.15) is 0 Å². The van der Waals surface area contributed by atoms with E-state index in [0.29, 0.717) is 29.8 Å². The summed E-state index contributed by atoms with van der Waals surface area (Å²) in [5.41, 5.74) is 2.93. The number of anilines is 2. The highest BCUT2D eigenvalue weighted by molar-refractivity contribution is 6.34. The van der Waals surface area contributed by atoms with Crippen LogP contribution in [0.4, 0.5) is 11.4 Å². The van der Waals surface area contributed by atoms with E-state index >= 15 is 0 Å². The number of hydrogen-bond acceptors (Lipinski definition) is 3. The molecule has 2 aliphatic heterocycles. The van der Waals surface area contributed by atoms with E-state index in [9.17, 15) is 14.4 Å². The van der Waals surface area contributed by atoms with Gasteiger partial charge in [-0.3, -0.25) is 14.4 Å². The summed E-state index contributed by atoms with van der Waals surface area (Å²) < 4.78 is 0. The molecule has 0 saturated carbocycles. The smallest absolute Gasteiger partial charge is 0.266 e. The third kappa shape index (κ3) is 2.05. The van der Waals surface area contributed by atoms with Gasteiger partial charge in [0.25, 0.3) is 11.8 Å². The van der Waals surface area contributed by atoms with Crippen molar-refractivity contribution >= 4 is 29.1 Å². The quantitative estimate of drug-likeness (QED) is 0.800. The van der Waals surface area contributed by atoms with Crippen molar-refractivity contribution in [2.45, 2.75) is 19.8 Å². The van der Waals surface area contributed by atoms with Crippen LogP contribution < -0.4 is 9.80 Å². The summed E-state index contributed by atoms with van der Waals surface area (Å²) in [6.45, 7) is 2.53. The molecule has 2 aromatic rings. The van der Waals surface area contributed by atoms with Crippen molar-refractivity contribution < 1.29 is 14.4 Å². The van der Waals surface area contributed by atoms with E-state index in [-0.39, 0.29) is 17.7 Å². The van der Waals surface area contributed by atoms with Crippen LogP contribution >= 0.6 is 0 Å². The molecule has 2 aromatic carbocycles. The Morgan fingerprint density at radius 3 is 2.17 bits per heavy atom. The van der Waals surface area contributed by atoms with E-state index in [4.69, 9.17) is 0 Å². The molecule has 0 aliphatic carbocycles. The zero-order valence-electron chi connectivity index (χ0n) is 13.3. The second kappa shape index (κ2) is 5.30. The van der Waals surface area contributed by atoms with E-state index in [1.54, 1.807) is 35.2 Å². The van der Waals surface area contributed by atoms with Crippen molar-refractivity contribution in [3.05, 3.63) is 59.2 Å². The molecule has 5 heteroatoms. The monoisotopic (exact) mass is 320 g/mol. The van der Waals surface area contributed by atoms with Gasteiger partial charge in [-0.2, -0.15) is 0 Å². The van der Waals surface area contributed by atoms with Gasteiger partial charge in [0.05, 0.1) is 16.8 Å². The number of hydrogen-bond donors (Lipinski definition) is 0. The highest BCUT2D eigenvalue weighted by atomic mass is 16.2. The molecule has 5 nitrogen and oxygen atoms in total. The molecule has 24 heavy (non-hydrogen) atoms. The van der Waals surface area contributed by atoms with Crippen molar-refractivity contribution in [1.29, 1.82) is 0 Å². The van der Waals surface area contributed by atoms with Gasteiger partial charge in [0, 0.05) is 18.7 Å². The fourth-order valence-electron chi connectivity index (χ4n) is 3.34. The zero-order valence-corrected chi connectivity index (χ0v) is 13.3. The van der Waals surface area contributed by atoms with Crippen molar-refractivity contribution in [1.82, 2.24) is 0 Å². The van der Waals surface area contributed by atoms with Crippen LogP contribution in [-0.2, 0) is 4.79 Å². The molecule has 3 amide bonds. The molecule has 2 heterocycles. The third-order valence-corrected chi connectivity index (χ3v) is 4.61. The van der Waals surface area contributed by atoms with Gasteiger partial charge in [-0.25, -0.2) is 4.90 Å². The Morgan fingerprint density at radius 1 is 0.917 bits per heavy atom. The maximum absolute atomic E-state index is 12.7. The molecule has 0 N–H and O–H groups in total. The van der Waals surface area contributed by atoms with Gasteiger partial charge in [0.2, 0.25) is 5.91 Å². The Labute approximate surface area is 139 Å². The van der Waals surface area contributed by atoms with Crippen molar-refractivity contribution in [2.24, 2.45) is 0 Å². The fraction of sp³-hybridized carbons (Fsp3) is 0.211. The molecule has 1 saturated heterocycles. The normalized spacial score (nSPS) is 17.0. The minimum absolute atomic E-state index is 0.0761. The van der Waals surface area contributed by atoms with Gasteiger partial charge >= 0.3 is 0 Å². The van der Waals surface area contributed by atoms with Crippen molar-refractivity contribution in [2.75, 3.05) is 16.3 Å². The highest BCUT2D eigenvalue weighted by Gasteiger charge is 2.37. The predicted octanol–water partition coefficient (Wildman–Crippen LogP) is 2.92. The molecule has 1 fully saturated rings. The third-order valence-electron chi connectivity index (χ3n) is 4.61. The van der Waals surface area contributed by atoms with Gasteiger partial charge in [-0.1, -0.05) is 18.2 Å². The van der Waals surface area contributed by atoms with Crippen LogP contribution in [0.2, 0.25) is 0 Å². The van der Waals surface area contributed by atoms with Gasteiger partial charge < -0.3 is 4.90 Å². The first kappa shape index (κ1) is 14.6. The number of aryl methyl sites for hydroxylation is 1. The first-order chi connectivity index (χ1) is 11.6. The zero-order chi connectivity index (χ0) is 16.8. The molecule has 120 valence electrons. The average Bonchev–Trinajstić information content (AvgIpc) is 3.12. The first-order valence-electron chi connectivity index (χ1n) is 7.97. The lowest BCUT2D eigenvalue weighted by Crippen LogP contribution is -2.31. The molecule has 0 spiro atoms. The minimum Gasteiger partial charge on any atom is -0.312 e. The molecular formula is C19H16N2O3. The number of rotatable bonds is 2. The number of carbonyl (C=O) groups excluding carboxylic acids is 3. The molecule has 0 aromatic heterocycles. The van der Waals surface area contributed by atoms with Crippen molar-refractivity contribution in [3.8, 4) is 0 Å². The van der Waals surface area contributed by atoms with E-state index in [0.717, 1.165) is 17.7 Å². The van der Waals surface area contributed by atoms with Crippen LogP contribution in [0.1, 0.15) is 39.1 Å². The molecule has 2 aliphatic rings. The van der Waals surface area contributed by atoms with Crippen LogP contribution in [0.15, 0.2) is 42.5 Å². The minimum atomic E-state index is -0.316. The second-order valence-electron chi connectivity index (χ2n) is 6.11. The van der Waals surface area contributed by atoms with Gasteiger partial charge in [-0.05, 0) is 43.2 Å². The largest absolute Gasteiger partial charge is 0.312 e. The van der Waals surface area contributed by atoms with Crippen LogP contribution in [0, 0.1) is 6.92 Å². The van der Waals surface area contributed by atoms with Crippen LogP contribution in [-0.4, -0.2) is 24.3 Å². The number of amides is 3. The number of imide groups is 1. The summed E-state index contributed by atoms with van der Waals surface area (Å²) in [5.74, 6) is -0.556. The Kier molecular flexibility index (Phi) is 3.23. The molecule has 4 rings (SSSR count). The molecule has 0 unspecified atom stereocenters. The molecule has 0 radical (unpaired) electrons. The first-order valence-corrected chi connectivity index (χ1v) is 7.97. The Bertz CT molecular complexity index is 853. The number of benzene rings is 2. The van der Waals surface area contributed by atoms with Crippen LogP contribution in [0.5, 0.6) is 0 Å². The summed E-state index contributed by atoms with van der Waals surface area (Å²) in [6.07, 6.45) is 1.37. The highest BCUT2D eigenvalue weighted by Crippen LogP contribution is 2.34. The lowest BCUT2D eigenvalue weighted by Gasteiger charge is -2.21.